The van der Waals surface area contributed by atoms with Crippen LogP contribution in [0.1, 0.15) is 31.7 Å². The molecule has 0 heterocycles. The fourth-order valence-electron chi connectivity index (χ4n) is 2.31. The second-order valence-corrected chi connectivity index (χ2v) is 5.36. The van der Waals surface area contributed by atoms with Crippen molar-refractivity contribution in [1.82, 2.24) is 5.32 Å². The van der Waals surface area contributed by atoms with Crippen molar-refractivity contribution in [3.8, 4) is 5.75 Å². The number of hydrogen-bond acceptors (Lipinski definition) is 4. The molecule has 0 saturated heterocycles. The number of nitrogens with one attached hydrogen (secondary N) is 1. The van der Waals surface area contributed by atoms with Crippen LogP contribution in [0.4, 0.5) is 0 Å². The van der Waals surface area contributed by atoms with Crippen LogP contribution in [0.2, 0.25) is 0 Å². The lowest BCUT2D eigenvalue weighted by Crippen LogP contribution is -2.40. The Kier molecular flexibility index (Phi) is 8.26. The largest absolute Gasteiger partial charge is 0.508 e. The Morgan fingerprint density at radius 1 is 1.25 bits per heavy atom. The summed E-state index contributed by atoms with van der Waals surface area (Å²) in [4.78, 5) is 0. The Bertz CT molecular complexity index is 354. The van der Waals surface area contributed by atoms with Crippen molar-refractivity contribution < 1.29 is 9.84 Å². The first-order valence-electron chi connectivity index (χ1n) is 7.38. The second-order valence-electron chi connectivity index (χ2n) is 5.36. The highest BCUT2D eigenvalue weighted by atomic mass is 16.5. The van der Waals surface area contributed by atoms with Gasteiger partial charge in [-0.15, -0.1) is 0 Å². The molecule has 2 atom stereocenters. The van der Waals surface area contributed by atoms with Crippen molar-refractivity contribution in [2.45, 2.75) is 44.7 Å². The highest BCUT2D eigenvalue weighted by Gasteiger charge is 2.11. The number of nitrogens with two attached hydrogens (primary N) is 1. The quantitative estimate of drug-likeness (QED) is 0.613. The Morgan fingerprint density at radius 2 is 1.95 bits per heavy atom. The summed E-state index contributed by atoms with van der Waals surface area (Å²) in [6.45, 7) is 3.65. The molecular formula is C16H28N2O2. The number of hydrogen-bond donors (Lipinski definition) is 3. The molecule has 4 N–H and O–H groups in total. The van der Waals surface area contributed by atoms with Crippen molar-refractivity contribution in [3.63, 3.8) is 0 Å². The van der Waals surface area contributed by atoms with Gasteiger partial charge in [-0.3, -0.25) is 0 Å². The molecule has 4 nitrogen and oxygen atoms in total. The van der Waals surface area contributed by atoms with E-state index in [0.29, 0.717) is 17.8 Å². The van der Waals surface area contributed by atoms with E-state index >= 15 is 0 Å². The van der Waals surface area contributed by atoms with Gasteiger partial charge in [0.05, 0.1) is 6.61 Å². The van der Waals surface area contributed by atoms with Crippen LogP contribution in [0, 0.1) is 0 Å². The molecular weight excluding hydrogens is 252 g/mol. The van der Waals surface area contributed by atoms with E-state index in [4.69, 9.17) is 10.5 Å². The van der Waals surface area contributed by atoms with E-state index in [1.807, 2.05) is 12.1 Å². The van der Waals surface area contributed by atoms with E-state index in [0.717, 1.165) is 38.8 Å². The maximum absolute atomic E-state index is 9.26. The molecule has 0 aliphatic heterocycles. The van der Waals surface area contributed by atoms with Crippen LogP contribution in [0.25, 0.3) is 0 Å². The number of methoxy groups -OCH3 is 1. The Hall–Kier alpha value is -1.10. The van der Waals surface area contributed by atoms with Crippen molar-refractivity contribution in [2.75, 3.05) is 20.3 Å². The molecule has 1 aromatic carbocycles. The molecule has 20 heavy (non-hydrogen) atoms. The van der Waals surface area contributed by atoms with E-state index in [9.17, 15) is 5.11 Å². The smallest absolute Gasteiger partial charge is 0.115 e. The molecule has 0 spiro atoms. The van der Waals surface area contributed by atoms with Crippen LogP contribution < -0.4 is 11.1 Å². The third kappa shape index (κ3) is 6.89. The summed E-state index contributed by atoms with van der Waals surface area (Å²) in [6.07, 6.45) is 4.14. The average molecular weight is 280 g/mol. The lowest BCUT2D eigenvalue weighted by molar-refractivity contribution is 0.156. The number of rotatable bonds is 10. The van der Waals surface area contributed by atoms with Crippen LogP contribution >= 0.6 is 0 Å². The fraction of sp³-hybridized carbons (Fsp3) is 0.625. The molecule has 1 aromatic rings. The Labute approximate surface area is 122 Å². The van der Waals surface area contributed by atoms with Gasteiger partial charge in [0, 0.05) is 19.2 Å². The first-order valence-corrected chi connectivity index (χ1v) is 7.38. The third-order valence-corrected chi connectivity index (χ3v) is 3.45. The number of aromatic hydroxyl groups is 1. The fourth-order valence-corrected chi connectivity index (χ4v) is 2.31. The van der Waals surface area contributed by atoms with E-state index in [-0.39, 0.29) is 0 Å². The molecule has 1 rings (SSSR count). The predicted molar refractivity (Wildman–Crippen MR) is 83.0 cm³/mol. The predicted octanol–water partition coefficient (Wildman–Crippen LogP) is 2.06. The van der Waals surface area contributed by atoms with Gasteiger partial charge in [0.15, 0.2) is 0 Å². The highest BCUT2D eigenvalue weighted by Crippen LogP contribution is 2.12. The zero-order valence-corrected chi connectivity index (χ0v) is 12.6. The zero-order chi connectivity index (χ0) is 14.8. The van der Waals surface area contributed by atoms with Gasteiger partial charge in [0.25, 0.3) is 0 Å². The van der Waals surface area contributed by atoms with Crippen molar-refractivity contribution >= 4 is 0 Å². The minimum absolute atomic E-state index is 0.321. The Balaban J connectivity index is 2.32. The summed E-state index contributed by atoms with van der Waals surface area (Å²) >= 11 is 0. The normalized spacial score (nSPS) is 14.2. The first-order chi connectivity index (χ1) is 9.65. The molecule has 0 fully saturated rings. The minimum Gasteiger partial charge on any atom is -0.508 e. The molecule has 0 aliphatic carbocycles. The Morgan fingerprint density at radius 3 is 2.55 bits per heavy atom. The van der Waals surface area contributed by atoms with Crippen molar-refractivity contribution in [3.05, 3.63) is 29.8 Å². The van der Waals surface area contributed by atoms with Crippen LogP contribution in [-0.2, 0) is 11.2 Å². The van der Waals surface area contributed by atoms with Gasteiger partial charge in [0.2, 0.25) is 0 Å². The topological polar surface area (TPSA) is 67.5 Å². The summed E-state index contributed by atoms with van der Waals surface area (Å²) in [5, 5.41) is 12.9. The third-order valence-electron chi connectivity index (χ3n) is 3.45. The lowest BCUT2D eigenvalue weighted by atomic mass is 10.0. The summed E-state index contributed by atoms with van der Waals surface area (Å²) in [7, 11) is 1.73. The first kappa shape index (κ1) is 17.0. The summed E-state index contributed by atoms with van der Waals surface area (Å²) in [5.41, 5.74) is 6.81. The van der Waals surface area contributed by atoms with Gasteiger partial charge in [-0.2, -0.15) is 0 Å². The lowest BCUT2D eigenvalue weighted by Gasteiger charge is -2.22. The van der Waals surface area contributed by atoms with Gasteiger partial charge < -0.3 is 20.9 Å². The van der Waals surface area contributed by atoms with Crippen molar-refractivity contribution in [2.24, 2.45) is 5.73 Å². The molecule has 2 unspecified atom stereocenters. The number of phenolic OH excluding ortho intramolecular Hbond substituents is 1. The molecule has 0 amide bonds. The SMILES string of the molecule is COCC(CCCN)NC(C)CCc1ccc(O)cc1. The summed E-state index contributed by atoms with van der Waals surface area (Å²) in [5.74, 6) is 0.321. The van der Waals surface area contributed by atoms with Crippen LogP contribution in [0.15, 0.2) is 24.3 Å². The summed E-state index contributed by atoms with van der Waals surface area (Å²) < 4.78 is 5.25. The molecule has 0 aromatic heterocycles. The van der Waals surface area contributed by atoms with Crippen molar-refractivity contribution in [1.29, 1.82) is 0 Å². The van der Waals surface area contributed by atoms with Gasteiger partial charge in [0.1, 0.15) is 5.75 Å². The molecule has 0 radical (unpaired) electrons. The molecule has 0 saturated carbocycles. The highest BCUT2D eigenvalue weighted by molar-refractivity contribution is 5.25. The van der Waals surface area contributed by atoms with E-state index < -0.39 is 0 Å². The van der Waals surface area contributed by atoms with E-state index in [1.165, 1.54) is 5.56 Å². The van der Waals surface area contributed by atoms with E-state index in [1.54, 1.807) is 19.2 Å². The summed E-state index contributed by atoms with van der Waals surface area (Å²) in [6, 6.07) is 8.23. The van der Waals surface area contributed by atoms with Crippen LogP contribution in [-0.4, -0.2) is 37.5 Å². The van der Waals surface area contributed by atoms with Crippen LogP contribution in [0.5, 0.6) is 5.75 Å². The molecule has 0 aliphatic rings. The minimum atomic E-state index is 0.321. The zero-order valence-electron chi connectivity index (χ0n) is 12.6. The standard InChI is InChI=1S/C16H28N2O2/c1-13(18-15(12-20-2)4-3-11-17)5-6-14-7-9-16(19)10-8-14/h7-10,13,15,18-19H,3-6,11-12,17H2,1-2H3. The van der Waals surface area contributed by atoms with Gasteiger partial charge in [-0.05, 0) is 56.8 Å². The number of aryl methyl sites for hydroxylation is 1. The van der Waals surface area contributed by atoms with E-state index in [2.05, 4.69) is 12.2 Å². The number of benzene rings is 1. The maximum atomic E-state index is 9.26. The average Bonchev–Trinajstić information content (AvgIpc) is 2.44. The van der Waals surface area contributed by atoms with Gasteiger partial charge in [-0.25, -0.2) is 0 Å². The van der Waals surface area contributed by atoms with Gasteiger partial charge in [-0.1, -0.05) is 12.1 Å². The van der Waals surface area contributed by atoms with Gasteiger partial charge >= 0.3 is 0 Å². The second kappa shape index (κ2) is 9.75. The molecule has 114 valence electrons. The maximum Gasteiger partial charge on any atom is 0.115 e. The monoisotopic (exact) mass is 280 g/mol. The van der Waals surface area contributed by atoms with Crippen LogP contribution in [0.3, 0.4) is 0 Å². The number of phenols is 1. The molecule has 0 bridgehead atoms. The number of ether oxygens (including phenoxy) is 1. The molecule has 4 heteroatoms.